The van der Waals surface area contributed by atoms with E-state index in [1.807, 2.05) is 0 Å². The van der Waals surface area contributed by atoms with Crippen LogP contribution < -0.4 is 10.1 Å². The van der Waals surface area contributed by atoms with E-state index in [1.54, 1.807) is 12.4 Å². The zero-order valence-electron chi connectivity index (χ0n) is 9.45. The zero-order valence-corrected chi connectivity index (χ0v) is 11.0. The van der Waals surface area contributed by atoms with Crippen molar-refractivity contribution in [2.45, 2.75) is 6.36 Å². The molecule has 0 aliphatic rings. The first-order valence-corrected chi connectivity index (χ1v) is 6.29. The topological polar surface area (TPSA) is 57.4 Å². The third kappa shape index (κ3) is 4.89. The molecular weight excluding hydrogens is 303 g/mol. The van der Waals surface area contributed by atoms with Gasteiger partial charge in [0.1, 0.15) is 5.69 Å². The first-order valence-electron chi connectivity index (χ1n) is 4.69. The predicted octanol–water partition coefficient (Wildman–Crippen LogP) is 3.66. The quantitative estimate of drug-likeness (QED) is 0.392. The molecule has 1 N–H and O–H groups in total. The lowest BCUT2D eigenvalue weighted by Gasteiger charge is -2.12. The van der Waals surface area contributed by atoms with Gasteiger partial charge in [0.05, 0.1) is 5.02 Å². The molecule has 0 aliphatic carbocycles. The highest BCUT2D eigenvalue weighted by atomic mass is 35.5. The van der Waals surface area contributed by atoms with Crippen LogP contribution in [0.25, 0.3) is 0 Å². The number of hydrogen-bond donors (Lipinski definition) is 1. The Morgan fingerprint density at radius 1 is 1.53 bits per heavy atom. The van der Waals surface area contributed by atoms with Crippen molar-refractivity contribution in [1.29, 1.82) is 5.26 Å². The maximum Gasteiger partial charge on any atom is 0.573 e. The van der Waals surface area contributed by atoms with E-state index < -0.39 is 12.1 Å². The van der Waals surface area contributed by atoms with E-state index >= 15 is 0 Å². The predicted molar refractivity (Wildman–Crippen MR) is 67.5 cm³/mol. The molecule has 19 heavy (non-hydrogen) atoms. The van der Waals surface area contributed by atoms with E-state index in [9.17, 15) is 13.2 Å². The third-order valence-electron chi connectivity index (χ3n) is 1.74. The number of rotatable bonds is 2. The number of nitriles is 1. The van der Waals surface area contributed by atoms with Crippen LogP contribution in [0.4, 0.5) is 18.9 Å². The van der Waals surface area contributed by atoms with Gasteiger partial charge in [-0.1, -0.05) is 29.4 Å². The molecular formula is C10H7ClF3N3OS. The highest BCUT2D eigenvalue weighted by molar-refractivity contribution is 8.13. The van der Waals surface area contributed by atoms with Crippen molar-refractivity contribution in [3.05, 3.63) is 23.2 Å². The summed E-state index contributed by atoms with van der Waals surface area (Å²) in [6, 6.07) is 3.97. The number of alkyl halides is 3. The molecule has 0 amide bonds. The number of ether oxygens (including phenoxy) is 1. The monoisotopic (exact) mass is 309 g/mol. The van der Waals surface area contributed by atoms with Gasteiger partial charge in [-0.25, -0.2) is 4.99 Å². The Bertz CT molecular complexity index is 528. The van der Waals surface area contributed by atoms with Gasteiger partial charge in [-0.05, 0) is 18.4 Å². The first-order chi connectivity index (χ1) is 8.87. The first kappa shape index (κ1) is 15.5. The average Bonchev–Trinajstić information content (AvgIpc) is 2.31. The molecule has 1 aromatic carbocycles. The molecule has 1 rings (SSSR count). The highest BCUT2D eigenvalue weighted by Crippen LogP contribution is 2.38. The van der Waals surface area contributed by atoms with Gasteiger partial charge in [0, 0.05) is 0 Å². The number of benzene rings is 1. The molecule has 0 unspecified atom stereocenters. The third-order valence-corrected chi connectivity index (χ3v) is 2.62. The molecule has 9 heteroatoms. The lowest BCUT2D eigenvalue weighted by molar-refractivity contribution is -0.274. The summed E-state index contributed by atoms with van der Waals surface area (Å²) >= 11 is 6.71. The number of nitrogens with one attached hydrogen (secondary N) is 1. The number of para-hydroxylation sites is 1. The summed E-state index contributed by atoms with van der Waals surface area (Å²) in [4.78, 5) is 3.85. The molecule has 1 aromatic rings. The average molecular weight is 310 g/mol. The Morgan fingerprint density at radius 2 is 2.21 bits per heavy atom. The van der Waals surface area contributed by atoms with Gasteiger partial charge >= 0.3 is 6.36 Å². The Morgan fingerprint density at radius 3 is 2.74 bits per heavy atom. The van der Waals surface area contributed by atoms with Crippen LogP contribution in [-0.4, -0.2) is 17.8 Å². The fourth-order valence-corrected chi connectivity index (χ4v) is 1.63. The SMILES string of the molecule is CSC(=Nc1cccc(Cl)c1OC(F)(F)F)NC#N. The molecule has 0 spiro atoms. The Balaban J connectivity index is 3.21. The van der Waals surface area contributed by atoms with E-state index in [2.05, 4.69) is 15.0 Å². The van der Waals surface area contributed by atoms with Crippen LogP contribution in [0, 0.1) is 11.5 Å². The second-order valence-corrected chi connectivity index (χ2v) is 4.20. The minimum atomic E-state index is -4.88. The lowest BCUT2D eigenvalue weighted by Crippen LogP contribution is -2.18. The maximum atomic E-state index is 12.3. The van der Waals surface area contributed by atoms with Crippen LogP contribution in [0.2, 0.25) is 5.02 Å². The second kappa shape index (κ2) is 6.54. The van der Waals surface area contributed by atoms with Gasteiger partial charge in [-0.15, -0.1) is 13.2 Å². The Hall–Kier alpha value is -1.59. The van der Waals surface area contributed by atoms with Crippen LogP contribution in [-0.2, 0) is 0 Å². The van der Waals surface area contributed by atoms with E-state index in [-0.39, 0.29) is 15.9 Å². The molecule has 0 saturated carbocycles. The van der Waals surface area contributed by atoms with Crippen LogP contribution in [0.1, 0.15) is 0 Å². The number of amidine groups is 1. The summed E-state index contributed by atoms with van der Waals surface area (Å²) in [7, 11) is 0. The van der Waals surface area contributed by atoms with Crippen molar-refractivity contribution < 1.29 is 17.9 Å². The van der Waals surface area contributed by atoms with Gasteiger partial charge in [0.25, 0.3) is 0 Å². The summed E-state index contributed by atoms with van der Waals surface area (Å²) in [5.74, 6) is -0.608. The smallest absolute Gasteiger partial charge is 0.402 e. The van der Waals surface area contributed by atoms with Gasteiger partial charge in [-0.2, -0.15) is 5.26 Å². The van der Waals surface area contributed by atoms with Gasteiger partial charge in [0.15, 0.2) is 17.1 Å². The number of halogens is 4. The molecule has 102 valence electrons. The Labute approximate surface area is 116 Å². The zero-order chi connectivity index (χ0) is 14.5. The molecule has 0 aromatic heterocycles. The second-order valence-electron chi connectivity index (χ2n) is 2.99. The highest BCUT2D eigenvalue weighted by Gasteiger charge is 2.33. The standard InChI is InChI=1S/C10H7ClF3N3OS/c1-19-9(16-5-15)17-7-4-2-3-6(11)8(7)18-10(12,13)14/h2-4H,1H3,(H,16,17). The lowest BCUT2D eigenvalue weighted by atomic mass is 10.3. The van der Waals surface area contributed by atoms with Crippen molar-refractivity contribution in [1.82, 2.24) is 5.32 Å². The van der Waals surface area contributed by atoms with Crippen LogP contribution in [0.5, 0.6) is 5.75 Å². The van der Waals surface area contributed by atoms with Crippen molar-refractivity contribution in [2.24, 2.45) is 4.99 Å². The summed E-state index contributed by atoms with van der Waals surface area (Å²) in [6.45, 7) is 0. The maximum absolute atomic E-state index is 12.3. The van der Waals surface area contributed by atoms with Crippen LogP contribution >= 0.6 is 23.4 Å². The summed E-state index contributed by atoms with van der Waals surface area (Å²) in [6.07, 6.45) is -1.64. The van der Waals surface area contributed by atoms with E-state index in [0.29, 0.717) is 0 Å². The van der Waals surface area contributed by atoms with E-state index in [1.165, 1.54) is 18.2 Å². The van der Waals surface area contributed by atoms with Crippen molar-refractivity contribution in [2.75, 3.05) is 6.26 Å². The summed E-state index contributed by atoms with van der Waals surface area (Å²) in [5, 5.41) is 10.6. The number of nitrogens with zero attached hydrogens (tertiary/aromatic N) is 2. The van der Waals surface area contributed by atoms with Gasteiger partial charge < -0.3 is 4.74 Å². The largest absolute Gasteiger partial charge is 0.573 e. The van der Waals surface area contributed by atoms with Crippen LogP contribution in [0.15, 0.2) is 23.2 Å². The molecule has 0 aliphatic heterocycles. The number of hydrogen-bond acceptors (Lipinski definition) is 4. The fraction of sp³-hybridized carbons (Fsp3) is 0.200. The van der Waals surface area contributed by atoms with Crippen molar-refractivity contribution in [3.63, 3.8) is 0 Å². The molecule has 0 atom stereocenters. The minimum absolute atomic E-state index is 0.122. The molecule has 4 nitrogen and oxygen atoms in total. The Kier molecular flexibility index (Phi) is 5.32. The van der Waals surface area contributed by atoms with Gasteiger partial charge in [-0.3, -0.25) is 5.32 Å². The molecule has 0 saturated heterocycles. The molecule has 0 bridgehead atoms. The van der Waals surface area contributed by atoms with Crippen molar-refractivity contribution >= 4 is 34.2 Å². The normalized spacial score (nSPS) is 11.9. The molecule has 0 fully saturated rings. The van der Waals surface area contributed by atoms with Gasteiger partial charge in [0.2, 0.25) is 0 Å². The van der Waals surface area contributed by atoms with E-state index in [4.69, 9.17) is 16.9 Å². The molecule has 0 heterocycles. The number of thioether (sulfide) groups is 1. The van der Waals surface area contributed by atoms with E-state index in [0.717, 1.165) is 11.8 Å². The minimum Gasteiger partial charge on any atom is -0.402 e. The summed E-state index contributed by atoms with van der Waals surface area (Å²) in [5.41, 5.74) is -0.128. The number of aliphatic imine (C=N–C) groups is 1. The summed E-state index contributed by atoms with van der Waals surface area (Å²) < 4.78 is 40.6. The molecule has 0 radical (unpaired) electrons. The van der Waals surface area contributed by atoms with Crippen molar-refractivity contribution in [3.8, 4) is 11.9 Å². The van der Waals surface area contributed by atoms with Crippen LogP contribution in [0.3, 0.4) is 0 Å². The fourth-order valence-electron chi connectivity index (χ4n) is 1.08.